The van der Waals surface area contributed by atoms with Crippen molar-refractivity contribution in [2.75, 3.05) is 38.4 Å². The molecule has 1 aliphatic carbocycles. The summed E-state index contributed by atoms with van der Waals surface area (Å²) in [5.74, 6) is 3.33. The maximum absolute atomic E-state index is 12.7. The van der Waals surface area contributed by atoms with Gasteiger partial charge in [-0.25, -0.2) is 4.79 Å². The molecule has 0 aromatic heterocycles. The van der Waals surface area contributed by atoms with Gasteiger partial charge < -0.3 is 19.1 Å². The van der Waals surface area contributed by atoms with Gasteiger partial charge in [-0.1, -0.05) is 54.6 Å². The zero-order chi connectivity index (χ0) is 25.0. The van der Waals surface area contributed by atoms with Crippen molar-refractivity contribution in [1.29, 1.82) is 0 Å². The third kappa shape index (κ3) is 5.59. The fourth-order valence-electron chi connectivity index (χ4n) is 6.20. The lowest BCUT2D eigenvalue weighted by atomic mass is 9.85. The molecule has 2 aliphatic heterocycles. The van der Waals surface area contributed by atoms with Gasteiger partial charge in [-0.2, -0.15) is 0 Å². The minimum atomic E-state index is -0.356. The number of fused-ring (bicyclic) bond motifs is 3. The van der Waals surface area contributed by atoms with E-state index < -0.39 is 0 Å². The summed E-state index contributed by atoms with van der Waals surface area (Å²) < 4.78 is 16.7. The van der Waals surface area contributed by atoms with Crippen LogP contribution in [0.3, 0.4) is 0 Å². The van der Waals surface area contributed by atoms with Gasteiger partial charge in [0.2, 0.25) is 6.79 Å². The number of benzene rings is 3. The van der Waals surface area contributed by atoms with Crippen LogP contribution in [0.5, 0.6) is 11.5 Å². The quantitative estimate of drug-likeness (QED) is 0.428. The normalized spacial score (nSPS) is 22.1. The van der Waals surface area contributed by atoms with Crippen molar-refractivity contribution in [1.82, 2.24) is 4.90 Å². The predicted octanol–water partition coefficient (Wildman–Crippen LogP) is 5.76. The summed E-state index contributed by atoms with van der Waals surface area (Å²) in [4.78, 5) is 15.3. The maximum Gasteiger partial charge on any atom is 0.411 e. The molecule has 1 amide bonds. The van der Waals surface area contributed by atoms with E-state index in [1.54, 1.807) is 0 Å². The van der Waals surface area contributed by atoms with Gasteiger partial charge in [0.15, 0.2) is 11.5 Å². The number of rotatable bonds is 8. The molecule has 3 aromatic rings. The van der Waals surface area contributed by atoms with Crippen molar-refractivity contribution >= 4 is 11.8 Å². The van der Waals surface area contributed by atoms with Gasteiger partial charge in [0.25, 0.3) is 0 Å². The Hall–Kier alpha value is -3.51. The molecule has 6 nitrogen and oxygen atoms in total. The van der Waals surface area contributed by atoms with Crippen LogP contribution < -0.4 is 14.8 Å². The smallest absolute Gasteiger partial charge is 0.411 e. The zero-order valence-corrected chi connectivity index (χ0v) is 21.1. The molecule has 1 saturated heterocycles. The van der Waals surface area contributed by atoms with Crippen LogP contribution in [0.25, 0.3) is 0 Å². The van der Waals surface area contributed by atoms with Crippen molar-refractivity contribution in [3.05, 3.63) is 89.5 Å². The molecule has 2 atom stereocenters. The Morgan fingerprint density at radius 2 is 1.65 bits per heavy atom. The van der Waals surface area contributed by atoms with Gasteiger partial charge >= 0.3 is 6.09 Å². The van der Waals surface area contributed by atoms with Gasteiger partial charge in [-0.05, 0) is 72.4 Å². The Morgan fingerprint density at radius 3 is 2.49 bits per heavy atom. The highest BCUT2D eigenvalue weighted by Crippen LogP contribution is 2.42. The van der Waals surface area contributed by atoms with E-state index in [0.29, 0.717) is 31.2 Å². The highest BCUT2D eigenvalue weighted by molar-refractivity contribution is 5.85. The molecule has 2 unspecified atom stereocenters. The Morgan fingerprint density at radius 1 is 0.892 bits per heavy atom. The third-order valence-electron chi connectivity index (χ3n) is 8.16. The summed E-state index contributed by atoms with van der Waals surface area (Å²) in [5.41, 5.74) is 4.40. The highest BCUT2D eigenvalue weighted by atomic mass is 16.7. The van der Waals surface area contributed by atoms with Crippen molar-refractivity contribution < 1.29 is 19.0 Å². The number of ether oxygens (including phenoxy) is 3. The number of anilines is 1. The first-order valence-corrected chi connectivity index (χ1v) is 13.4. The second-order valence-electron chi connectivity index (χ2n) is 10.5. The number of para-hydroxylation sites is 1. The molecule has 192 valence electrons. The molecule has 37 heavy (non-hydrogen) atoms. The molecular formula is C31H34N2O4. The van der Waals surface area contributed by atoms with Crippen molar-refractivity contribution in [3.63, 3.8) is 0 Å². The summed E-state index contributed by atoms with van der Waals surface area (Å²) >= 11 is 0. The van der Waals surface area contributed by atoms with E-state index in [9.17, 15) is 4.79 Å². The Labute approximate surface area is 218 Å². The van der Waals surface area contributed by atoms with Gasteiger partial charge in [0, 0.05) is 31.2 Å². The number of carbonyl (C=O) groups excluding carboxylic acids is 1. The van der Waals surface area contributed by atoms with Crippen molar-refractivity contribution in [2.45, 2.75) is 25.7 Å². The minimum Gasteiger partial charge on any atom is -0.454 e. The van der Waals surface area contributed by atoms with Gasteiger partial charge in [0.1, 0.15) is 0 Å². The predicted molar refractivity (Wildman–Crippen MR) is 143 cm³/mol. The van der Waals surface area contributed by atoms with Gasteiger partial charge in [-0.3, -0.25) is 5.32 Å². The van der Waals surface area contributed by atoms with Gasteiger partial charge in [0.05, 0.1) is 6.61 Å². The molecule has 2 bridgehead atoms. The number of piperidine rings is 1. The molecule has 1 saturated carbocycles. The molecule has 0 spiro atoms. The number of carbonyl (C=O) groups is 1. The Kier molecular flexibility index (Phi) is 7.00. The molecule has 0 radical (unpaired) electrons. The average molecular weight is 499 g/mol. The number of amides is 1. The van der Waals surface area contributed by atoms with E-state index in [-0.39, 0.29) is 6.09 Å². The summed E-state index contributed by atoms with van der Waals surface area (Å²) in [5, 5.41) is 2.99. The van der Waals surface area contributed by atoms with Crippen molar-refractivity contribution in [2.24, 2.45) is 17.8 Å². The van der Waals surface area contributed by atoms with Crippen LogP contribution in [0.15, 0.2) is 72.8 Å². The van der Waals surface area contributed by atoms with E-state index in [1.807, 2.05) is 42.5 Å². The molecule has 1 N–H and O–H groups in total. The van der Waals surface area contributed by atoms with Crippen LogP contribution in [0.1, 0.15) is 29.5 Å². The molecule has 2 fully saturated rings. The fraction of sp³-hybridized carbons (Fsp3) is 0.387. The first-order valence-electron chi connectivity index (χ1n) is 13.4. The molecule has 6 heteroatoms. The fourth-order valence-corrected chi connectivity index (χ4v) is 6.20. The van der Waals surface area contributed by atoms with Gasteiger partial charge in [-0.15, -0.1) is 0 Å². The molecule has 3 aliphatic rings. The first-order chi connectivity index (χ1) is 18.2. The SMILES string of the molecule is O=C(Nc1ccccc1Cc1ccccc1)OCC1C2CCC1CN(CCc1ccc3c(c1)OCO3)C2. The lowest BCUT2D eigenvalue weighted by Crippen LogP contribution is -2.44. The molecule has 6 rings (SSSR count). The molecule has 2 heterocycles. The van der Waals surface area contributed by atoms with Crippen LogP contribution in [0, 0.1) is 17.8 Å². The van der Waals surface area contributed by atoms with E-state index >= 15 is 0 Å². The maximum atomic E-state index is 12.7. The van der Waals surface area contributed by atoms with Crippen LogP contribution in [0.2, 0.25) is 0 Å². The average Bonchev–Trinajstić information content (AvgIpc) is 3.48. The van der Waals surface area contributed by atoms with Crippen LogP contribution >= 0.6 is 0 Å². The number of hydrogen-bond donors (Lipinski definition) is 1. The Bertz CT molecular complexity index is 1220. The monoisotopic (exact) mass is 498 g/mol. The van der Waals surface area contributed by atoms with Crippen LogP contribution in [-0.4, -0.2) is 44.0 Å². The standard InChI is InChI=1S/C31H34N2O4/c34-31(32-28-9-5-4-8-24(28)16-22-6-2-1-3-7-22)35-20-27-25-11-12-26(27)19-33(18-25)15-14-23-10-13-29-30(17-23)37-21-36-29/h1-10,13,17,25-27H,11-12,14-16,18-21H2,(H,32,34). The number of hydrogen-bond acceptors (Lipinski definition) is 5. The van der Waals surface area contributed by atoms with E-state index in [4.69, 9.17) is 14.2 Å². The van der Waals surface area contributed by atoms with E-state index in [2.05, 4.69) is 40.5 Å². The van der Waals surface area contributed by atoms with Crippen molar-refractivity contribution in [3.8, 4) is 11.5 Å². The molecule has 3 aromatic carbocycles. The van der Waals surface area contributed by atoms with E-state index in [0.717, 1.165) is 55.2 Å². The number of nitrogens with one attached hydrogen (secondary N) is 1. The Balaban J connectivity index is 0.990. The largest absolute Gasteiger partial charge is 0.454 e. The topological polar surface area (TPSA) is 60.0 Å². The second kappa shape index (κ2) is 10.9. The summed E-state index contributed by atoms with van der Waals surface area (Å²) in [6, 6.07) is 24.5. The number of nitrogens with zero attached hydrogens (tertiary/aromatic N) is 1. The van der Waals surface area contributed by atoms with Crippen LogP contribution in [0.4, 0.5) is 10.5 Å². The summed E-state index contributed by atoms with van der Waals surface area (Å²) in [7, 11) is 0. The zero-order valence-electron chi connectivity index (χ0n) is 21.1. The summed E-state index contributed by atoms with van der Waals surface area (Å²) in [6.07, 6.45) is 3.86. The lowest BCUT2D eigenvalue weighted by molar-refractivity contribution is 0.0565. The second-order valence-corrected chi connectivity index (χ2v) is 10.5. The van der Waals surface area contributed by atoms with E-state index in [1.165, 1.54) is 24.0 Å². The summed E-state index contributed by atoms with van der Waals surface area (Å²) in [6.45, 7) is 4.01. The first kappa shape index (κ1) is 23.9. The lowest BCUT2D eigenvalue weighted by Gasteiger charge is -2.37. The highest BCUT2D eigenvalue weighted by Gasteiger charge is 2.42. The third-order valence-corrected chi connectivity index (χ3v) is 8.16. The minimum absolute atomic E-state index is 0.315. The van der Waals surface area contributed by atoms with Crippen LogP contribution in [-0.2, 0) is 17.6 Å². The number of likely N-dealkylation sites (tertiary alicyclic amines) is 1. The molecular weight excluding hydrogens is 464 g/mol.